The second kappa shape index (κ2) is 3.74. The second-order valence-electron chi connectivity index (χ2n) is 3.62. The molecule has 1 aromatic rings. The van der Waals surface area contributed by atoms with E-state index in [0.717, 1.165) is 0 Å². The molecule has 1 aromatic heterocycles. The normalized spacial score (nSPS) is 23.4. The zero-order valence-corrected chi connectivity index (χ0v) is 9.58. The largest absolute Gasteiger partial charge is 0.477 e. The molecule has 0 saturated carbocycles. The van der Waals surface area contributed by atoms with Crippen molar-refractivity contribution in [3.63, 3.8) is 0 Å². The highest BCUT2D eigenvalue weighted by atomic mass is 35.5. The van der Waals surface area contributed by atoms with Gasteiger partial charge >= 0.3 is 5.97 Å². The van der Waals surface area contributed by atoms with Gasteiger partial charge in [0.25, 0.3) is 0 Å². The van der Waals surface area contributed by atoms with Crippen molar-refractivity contribution in [1.82, 2.24) is 5.16 Å². The molecule has 0 amide bonds. The first kappa shape index (κ1) is 11.4. The van der Waals surface area contributed by atoms with Gasteiger partial charge in [-0.15, -0.1) is 0 Å². The molecule has 0 aromatic carbocycles. The minimum atomic E-state index is -3.10. The summed E-state index contributed by atoms with van der Waals surface area (Å²) in [5.41, 5.74) is -0.233. The fourth-order valence-electron chi connectivity index (χ4n) is 1.76. The lowest BCUT2D eigenvalue weighted by Gasteiger charge is -2.02. The summed E-state index contributed by atoms with van der Waals surface area (Å²) >= 11 is 5.55. The second-order valence-corrected chi connectivity index (χ2v) is 6.20. The van der Waals surface area contributed by atoms with Gasteiger partial charge in [0, 0.05) is 5.92 Å². The molecule has 16 heavy (non-hydrogen) atoms. The maximum absolute atomic E-state index is 11.3. The first-order chi connectivity index (χ1) is 7.41. The zero-order chi connectivity index (χ0) is 11.9. The van der Waals surface area contributed by atoms with Gasteiger partial charge in [0.05, 0.1) is 11.5 Å². The monoisotopic (exact) mass is 265 g/mol. The van der Waals surface area contributed by atoms with E-state index in [4.69, 9.17) is 21.2 Å². The van der Waals surface area contributed by atoms with Gasteiger partial charge in [0.2, 0.25) is 0 Å². The van der Waals surface area contributed by atoms with Crippen LogP contribution in [0.15, 0.2) is 4.52 Å². The lowest BCUT2D eigenvalue weighted by molar-refractivity contribution is 0.0694. The summed E-state index contributed by atoms with van der Waals surface area (Å²) in [6.45, 7) is 0. The van der Waals surface area contributed by atoms with E-state index < -0.39 is 21.7 Å². The number of halogens is 1. The Labute approximate surface area is 96.1 Å². The number of aromatic nitrogens is 1. The Morgan fingerprint density at radius 2 is 2.25 bits per heavy atom. The Kier molecular flexibility index (Phi) is 2.67. The van der Waals surface area contributed by atoms with E-state index >= 15 is 0 Å². The van der Waals surface area contributed by atoms with Gasteiger partial charge in [-0.25, -0.2) is 13.2 Å². The van der Waals surface area contributed by atoms with Gasteiger partial charge in [-0.1, -0.05) is 16.8 Å². The van der Waals surface area contributed by atoms with Gasteiger partial charge in [0.1, 0.15) is 5.56 Å². The predicted octanol–water partition coefficient (Wildman–Crippen LogP) is 0.928. The van der Waals surface area contributed by atoms with E-state index in [1.54, 1.807) is 0 Å². The van der Waals surface area contributed by atoms with E-state index in [-0.39, 0.29) is 28.0 Å². The molecule has 0 radical (unpaired) electrons. The molecule has 2 rings (SSSR count). The number of hydrogen-bond donors (Lipinski definition) is 1. The molecule has 8 heteroatoms. The van der Waals surface area contributed by atoms with Crippen LogP contribution < -0.4 is 0 Å². The van der Waals surface area contributed by atoms with Gasteiger partial charge in [-0.05, 0) is 6.42 Å². The lowest BCUT2D eigenvalue weighted by atomic mass is 10.0. The maximum atomic E-state index is 11.3. The summed E-state index contributed by atoms with van der Waals surface area (Å²) in [5.74, 6) is -1.74. The summed E-state index contributed by atoms with van der Waals surface area (Å²) in [7, 11) is -3.10. The highest BCUT2D eigenvalue weighted by molar-refractivity contribution is 7.91. The van der Waals surface area contributed by atoms with Gasteiger partial charge in [-0.2, -0.15) is 0 Å². The fourth-order valence-corrected chi connectivity index (χ4v) is 3.71. The van der Waals surface area contributed by atoms with Crippen LogP contribution in [0.4, 0.5) is 0 Å². The van der Waals surface area contributed by atoms with Gasteiger partial charge < -0.3 is 9.63 Å². The fraction of sp³-hybridized carbons (Fsp3) is 0.500. The molecule has 0 spiro atoms. The molecular formula is C8H8ClNO5S. The highest BCUT2D eigenvalue weighted by Crippen LogP contribution is 2.33. The molecule has 88 valence electrons. The molecule has 1 aliphatic rings. The summed E-state index contributed by atoms with van der Waals surface area (Å²) in [4.78, 5) is 10.9. The van der Waals surface area contributed by atoms with Crippen LogP contribution in [0.25, 0.3) is 0 Å². The van der Waals surface area contributed by atoms with Crippen molar-refractivity contribution in [3.8, 4) is 0 Å². The summed E-state index contributed by atoms with van der Waals surface area (Å²) in [6, 6.07) is 0. The third kappa shape index (κ3) is 1.92. The van der Waals surface area contributed by atoms with Crippen LogP contribution in [0, 0.1) is 0 Å². The smallest absolute Gasteiger partial charge is 0.342 e. The Morgan fingerprint density at radius 1 is 1.56 bits per heavy atom. The molecule has 0 bridgehead atoms. The van der Waals surface area contributed by atoms with E-state index in [2.05, 4.69) is 5.16 Å². The Hall–Kier alpha value is -1.08. The van der Waals surface area contributed by atoms with Crippen LogP contribution in [-0.4, -0.2) is 36.2 Å². The first-order valence-electron chi connectivity index (χ1n) is 4.49. The SMILES string of the molecule is O=C(O)c1c(Cl)noc1C1CCS(=O)(=O)C1. The lowest BCUT2D eigenvalue weighted by Crippen LogP contribution is -2.07. The summed E-state index contributed by atoms with van der Waals surface area (Å²) < 4.78 is 27.3. The van der Waals surface area contributed by atoms with Crippen molar-refractivity contribution in [1.29, 1.82) is 0 Å². The number of rotatable bonds is 2. The molecule has 1 N–H and O–H groups in total. The first-order valence-corrected chi connectivity index (χ1v) is 6.69. The molecule has 0 aliphatic carbocycles. The number of carboxylic acids is 1. The van der Waals surface area contributed by atoms with Gasteiger partial charge in [0.15, 0.2) is 20.8 Å². The van der Waals surface area contributed by atoms with Gasteiger partial charge in [-0.3, -0.25) is 0 Å². The van der Waals surface area contributed by atoms with Crippen molar-refractivity contribution in [3.05, 3.63) is 16.5 Å². The Morgan fingerprint density at radius 3 is 2.75 bits per heavy atom. The van der Waals surface area contributed by atoms with Crippen LogP contribution in [0.5, 0.6) is 0 Å². The van der Waals surface area contributed by atoms with Crippen LogP contribution in [-0.2, 0) is 9.84 Å². The van der Waals surface area contributed by atoms with Crippen LogP contribution >= 0.6 is 11.6 Å². The van der Waals surface area contributed by atoms with Crippen molar-refractivity contribution in [2.24, 2.45) is 0 Å². The van der Waals surface area contributed by atoms with Crippen molar-refractivity contribution in [2.45, 2.75) is 12.3 Å². The Bertz CT molecular complexity index is 535. The van der Waals surface area contributed by atoms with E-state index in [0.29, 0.717) is 6.42 Å². The summed E-state index contributed by atoms with van der Waals surface area (Å²) in [6.07, 6.45) is 0.341. The molecule has 1 aliphatic heterocycles. The molecule has 6 nitrogen and oxygen atoms in total. The van der Waals surface area contributed by atoms with E-state index in [1.165, 1.54) is 0 Å². The number of nitrogens with zero attached hydrogens (tertiary/aromatic N) is 1. The third-order valence-electron chi connectivity index (χ3n) is 2.49. The molecule has 1 fully saturated rings. The average Bonchev–Trinajstić information content (AvgIpc) is 2.68. The van der Waals surface area contributed by atoms with Crippen LogP contribution in [0.1, 0.15) is 28.5 Å². The maximum Gasteiger partial charge on any atom is 0.342 e. The average molecular weight is 266 g/mol. The third-order valence-corrected chi connectivity index (χ3v) is 4.52. The minimum absolute atomic E-state index is 0.0368. The number of carboxylic acid groups (broad SMARTS) is 1. The minimum Gasteiger partial charge on any atom is -0.477 e. The number of hydrogen-bond acceptors (Lipinski definition) is 5. The van der Waals surface area contributed by atoms with Crippen molar-refractivity contribution >= 4 is 27.4 Å². The molecule has 2 heterocycles. The van der Waals surface area contributed by atoms with Crippen LogP contribution in [0.2, 0.25) is 5.15 Å². The molecule has 1 atom stereocenters. The predicted molar refractivity (Wildman–Crippen MR) is 54.5 cm³/mol. The Balaban J connectivity index is 2.39. The topological polar surface area (TPSA) is 97.5 Å². The number of sulfone groups is 1. The quantitative estimate of drug-likeness (QED) is 0.854. The van der Waals surface area contributed by atoms with E-state index in [1.807, 2.05) is 0 Å². The highest BCUT2D eigenvalue weighted by Gasteiger charge is 2.36. The summed E-state index contributed by atoms with van der Waals surface area (Å²) in [5, 5.41) is 12.0. The molecule has 1 unspecified atom stereocenters. The standard InChI is InChI=1S/C8H8ClNO5S/c9-7-5(8(11)12)6(15-10-7)4-1-2-16(13,14)3-4/h4H,1-3H2,(H,11,12). The molecule has 1 saturated heterocycles. The number of carbonyl (C=O) groups is 1. The van der Waals surface area contributed by atoms with Crippen molar-refractivity contribution in [2.75, 3.05) is 11.5 Å². The molecular weight excluding hydrogens is 258 g/mol. The van der Waals surface area contributed by atoms with Crippen molar-refractivity contribution < 1.29 is 22.8 Å². The zero-order valence-electron chi connectivity index (χ0n) is 8.01. The van der Waals surface area contributed by atoms with E-state index in [9.17, 15) is 13.2 Å². The number of aromatic carboxylic acids is 1. The van der Waals surface area contributed by atoms with Crippen LogP contribution in [0.3, 0.4) is 0 Å².